The zero-order valence-electron chi connectivity index (χ0n) is 9.24. The maximum atomic E-state index is 12.1. The molecule has 1 fully saturated rings. The number of benzene rings is 1. The standard InChI is InChI=1S/C11H11NO5S/c13-8-2-1-6(3-9(8)14)10(15)12-5-18-4-7(12)11(16)17/h1-3,7,13-14H,4-5H2,(H,16,17). The van der Waals surface area contributed by atoms with Crippen LogP contribution in [0.25, 0.3) is 0 Å². The molecule has 1 heterocycles. The summed E-state index contributed by atoms with van der Waals surface area (Å²) in [5, 5.41) is 27.5. The van der Waals surface area contributed by atoms with Crippen molar-refractivity contribution < 1.29 is 24.9 Å². The van der Waals surface area contributed by atoms with Crippen LogP contribution in [0.1, 0.15) is 10.4 Å². The van der Waals surface area contributed by atoms with Crippen molar-refractivity contribution in [2.45, 2.75) is 6.04 Å². The number of carbonyl (C=O) groups is 2. The second kappa shape index (κ2) is 4.77. The smallest absolute Gasteiger partial charge is 0.327 e. The van der Waals surface area contributed by atoms with Gasteiger partial charge >= 0.3 is 5.97 Å². The number of carboxylic acids is 1. The molecule has 7 heteroatoms. The van der Waals surface area contributed by atoms with E-state index in [2.05, 4.69) is 0 Å². The number of phenols is 2. The van der Waals surface area contributed by atoms with Crippen molar-refractivity contribution in [2.24, 2.45) is 0 Å². The molecule has 18 heavy (non-hydrogen) atoms. The normalized spacial score (nSPS) is 18.9. The van der Waals surface area contributed by atoms with Crippen LogP contribution < -0.4 is 0 Å². The van der Waals surface area contributed by atoms with E-state index in [9.17, 15) is 14.7 Å². The first-order valence-electron chi connectivity index (χ1n) is 5.14. The summed E-state index contributed by atoms with van der Waals surface area (Å²) in [6.45, 7) is 0. The summed E-state index contributed by atoms with van der Waals surface area (Å²) >= 11 is 1.36. The van der Waals surface area contributed by atoms with Gasteiger partial charge in [-0.2, -0.15) is 0 Å². The third kappa shape index (κ3) is 2.21. The van der Waals surface area contributed by atoms with Crippen molar-refractivity contribution in [2.75, 3.05) is 11.6 Å². The summed E-state index contributed by atoms with van der Waals surface area (Å²) in [4.78, 5) is 24.3. The highest BCUT2D eigenvalue weighted by atomic mass is 32.2. The molecule has 6 nitrogen and oxygen atoms in total. The van der Waals surface area contributed by atoms with Crippen molar-refractivity contribution in [3.8, 4) is 11.5 Å². The molecular weight excluding hydrogens is 258 g/mol. The summed E-state index contributed by atoms with van der Waals surface area (Å²) in [5.74, 6) is -1.58. The van der Waals surface area contributed by atoms with E-state index in [0.29, 0.717) is 11.6 Å². The van der Waals surface area contributed by atoms with E-state index in [-0.39, 0.29) is 11.3 Å². The fourth-order valence-corrected chi connectivity index (χ4v) is 2.81. The van der Waals surface area contributed by atoms with Gasteiger partial charge in [-0.25, -0.2) is 4.79 Å². The number of carboxylic acid groups (broad SMARTS) is 1. The number of aliphatic carboxylic acids is 1. The van der Waals surface area contributed by atoms with Crippen molar-refractivity contribution >= 4 is 23.6 Å². The second-order valence-corrected chi connectivity index (χ2v) is 4.83. The lowest BCUT2D eigenvalue weighted by molar-refractivity contribution is -0.140. The Balaban J connectivity index is 2.25. The van der Waals surface area contributed by atoms with Crippen molar-refractivity contribution in [3.63, 3.8) is 0 Å². The molecule has 2 rings (SSSR count). The van der Waals surface area contributed by atoms with E-state index < -0.39 is 23.7 Å². The number of rotatable bonds is 2. The van der Waals surface area contributed by atoms with E-state index in [4.69, 9.17) is 10.2 Å². The zero-order valence-corrected chi connectivity index (χ0v) is 10.1. The van der Waals surface area contributed by atoms with Gasteiger partial charge in [0.1, 0.15) is 6.04 Å². The zero-order chi connectivity index (χ0) is 13.3. The van der Waals surface area contributed by atoms with Gasteiger partial charge in [-0.15, -0.1) is 11.8 Å². The lowest BCUT2D eigenvalue weighted by atomic mass is 10.1. The first-order chi connectivity index (χ1) is 8.50. The Bertz CT molecular complexity index is 504. The van der Waals surface area contributed by atoms with Crippen LogP contribution in [0.4, 0.5) is 0 Å². The predicted molar refractivity (Wildman–Crippen MR) is 64.7 cm³/mol. The largest absolute Gasteiger partial charge is 0.504 e. The van der Waals surface area contributed by atoms with E-state index >= 15 is 0 Å². The van der Waals surface area contributed by atoms with E-state index in [1.807, 2.05) is 0 Å². The number of amides is 1. The van der Waals surface area contributed by atoms with Gasteiger partial charge in [-0.05, 0) is 18.2 Å². The van der Waals surface area contributed by atoms with Gasteiger partial charge in [0, 0.05) is 11.3 Å². The Morgan fingerprint density at radius 1 is 1.28 bits per heavy atom. The third-order valence-electron chi connectivity index (χ3n) is 2.65. The third-order valence-corrected chi connectivity index (χ3v) is 3.66. The number of hydrogen-bond acceptors (Lipinski definition) is 5. The Labute approximate surface area is 107 Å². The number of thioether (sulfide) groups is 1. The minimum Gasteiger partial charge on any atom is -0.504 e. The van der Waals surface area contributed by atoms with Crippen LogP contribution in [0.3, 0.4) is 0 Å². The van der Waals surface area contributed by atoms with Gasteiger partial charge in [0.2, 0.25) is 0 Å². The van der Waals surface area contributed by atoms with Gasteiger partial charge in [-0.1, -0.05) is 0 Å². The van der Waals surface area contributed by atoms with Crippen LogP contribution in [0.15, 0.2) is 18.2 Å². The van der Waals surface area contributed by atoms with Crippen LogP contribution in [0.5, 0.6) is 11.5 Å². The highest BCUT2D eigenvalue weighted by Gasteiger charge is 2.35. The molecular formula is C11H11NO5S. The number of nitrogens with zero attached hydrogens (tertiary/aromatic N) is 1. The lowest BCUT2D eigenvalue weighted by Crippen LogP contribution is -2.41. The molecule has 1 amide bonds. The van der Waals surface area contributed by atoms with Gasteiger partial charge in [0.25, 0.3) is 5.91 Å². The molecule has 0 aliphatic carbocycles. The van der Waals surface area contributed by atoms with E-state index in [0.717, 1.165) is 6.07 Å². The highest BCUT2D eigenvalue weighted by Crippen LogP contribution is 2.28. The maximum Gasteiger partial charge on any atom is 0.327 e. The number of hydrogen-bond donors (Lipinski definition) is 3. The van der Waals surface area contributed by atoms with Crippen molar-refractivity contribution in [1.29, 1.82) is 0 Å². The second-order valence-electron chi connectivity index (χ2n) is 3.83. The number of phenolic OH excluding ortho intramolecular Hbond substituents is 2. The van der Waals surface area contributed by atoms with Crippen LogP contribution in [0.2, 0.25) is 0 Å². The molecule has 1 saturated heterocycles. The molecule has 3 N–H and O–H groups in total. The average molecular weight is 269 g/mol. The molecule has 0 spiro atoms. The fraction of sp³-hybridized carbons (Fsp3) is 0.273. The van der Waals surface area contributed by atoms with E-state index in [1.165, 1.54) is 28.8 Å². The Morgan fingerprint density at radius 2 is 2.00 bits per heavy atom. The SMILES string of the molecule is O=C(O)C1CSCN1C(=O)c1ccc(O)c(O)c1. The topological polar surface area (TPSA) is 98.1 Å². The van der Waals surface area contributed by atoms with Gasteiger partial charge in [-0.3, -0.25) is 4.79 Å². The minimum absolute atomic E-state index is 0.152. The lowest BCUT2D eigenvalue weighted by Gasteiger charge is -2.20. The molecule has 0 radical (unpaired) electrons. The summed E-state index contributed by atoms with van der Waals surface area (Å²) < 4.78 is 0. The van der Waals surface area contributed by atoms with E-state index in [1.54, 1.807) is 0 Å². The fourth-order valence-electron chi connectivity index (χ4n) is 1.67. The molecule has 1 atom stereocenters. The van der Waals surface area contributed by atoms with Gasteiger partial charge < -0.3 is 20.2 Å². The first kappa shape index (κ1) is 12.6. The maximum absolute atomic E-state index is 12.1. The predicted octanol–water partition coefficient (Wildman–Crippen LogP) is 0.697. The van der Waals surface area contributed by atoms with Crippen LogP contribution >= 0.6 is 11.8 Å². The molecule has 0 bridgehead atoms. The summed E-state index contributed by atoms with van der Waals surface area (Å²) in [7, 11) is 0. The monoisotopic (exact) mass is 269 g/mol. The summed E-state index contributed by atoms with van der Waals surface area (Å²) in [6.07, 6.45) is 0. The van der Waals surface area contributed by atoms with Crippen molar-refractivity contribution in [3.05, 3.63) is 23.8 Å². The minimum atomic E-state index is -1.05. The highest BCUT2D eigenvalue weighted by molar-refractivity contribution is 7.99. The van der Waals surface area contributed by atoms with Crippen LogP contribution in [-0.2, 0) is 4.79 Å². The van der Waals surface area contributed by atoms with Crippen LogP contribution in [0, 0.1) is 0 Å². The van der Waals surface area contributed by atoms with Crippen LogP contribution in [-0.4, -0.2) is 49.8 Å². The summed E-state index contributed by atoms with van der Waals surface area (Å²) in [6, 6.07) is 2.82. The first-order valence-corrected chi connectivity index (χ1v) is 6.29. The molecule has 1 aliphatic rings. The molecule has 96 valence electrons. The quantitative estimate of drug-likeness (QED) is 0.684. The molecule has 1 aromatic rings. The molecule has 1 aromatic carbocycles. The molecule has 1 aliphatic heterocycles. The Morgan fingerprint density at radius 3 is 2.61 bits per heavy atom. The number of carbonyl (C=O) groups excluding carboxylic acids is 1. The van der Waals surface area contributed by atoms with Crippen molar-refractivity contribution in [1.82, 2.24) is 4.90 Å². The summed E-state index contributed by atoms with van der Waals surface area (Å²) in [5.41, 5.74) is 0.152. The molecule has 0 saturated carbocycles. The average Bonchev–Trinajstić information content (AvgIpc) is 2.81. The Kier molecular flexibility index (Phi) is 3.33. The van der Waals surface area contributed by atoms with Gasteiger partial charge in [0.05, 0.1) is 5.88 Å². The van der Waals surface area contributed by atoms with Gasteiger partial charge in [0.15, 0.2) is 11.5 Å². The molecule has 0 aromatic heterocycles. The molecule has 1 unspecified atom stereocenters. The Hall–Kier alpha value is -1.89. The number of aromatic hydroxyl groups is 2.